The zero-order chi connectivity index (χ0) is 11.4. The first-order chi connectivity index (χ1) is 7.86. The lowest BCUT2D eigenvalue weighted by Crippen LogP contribution is -2.23. The maximum Gasteiger partial charge on any atom is 0.0444 e. The van der Waals surface area contributed by atoms with Crippen molar-refractivity contribution in [1.29, 1.82) is 0 Å². The summed E-state index contributed by atoms with van der Waals surface area (Å²) in [5, 5.41) is 4.21. The van der Waals surface area contributed by atoms with E-state index in [9.17, 15) is 0 Å². The molecular formula is C14H21NS. The fraction of sp³-hybridized carbons (Fsp3) is 0.571. The lowest BCUT2D eigenvalue weighted by molar-refractivity contribution is 0.603. The second-order valence-electron chi connectivity index (χ2n) is 4.43. The number of hydrogen-bond donors (Lipinski definition) is 1. The summed E-state index contributed by atoms with van der Waals surface area (Å²) in [4.78, 5) is 0. The predicted molar refractivity (Wildman–Crippen MR) is 73.1 cm³/mol. The third-order valence-corrected chi connectivity index (χ3v) is 4.72. The van der Waals surface area contributed by atoms with Crippen molar-refractivity contribution in [2.75, 3.05) is 12.8 Å². The average molecular weight is 235 g/mol. The van der Waals surface area contributed by atoms with Crippen molar-refractivity contribution in [3.63, 3.8) is 0 Å². The number of hydrogen-bond acceptors (Lipinski definition) is 2. The number of benzene rings is 1. The van der Waals surface area contributed by atoms with Crippen molar-refractivity contribution in [1.82, 2.24) is 5.32 Å². The van der Waals surface area contributed by atoms with Crippen LogP contribution in [0, 0.1) is 0 Å². The topological polar surface area (TPSA) is 12.0 Å². The molecule has 1 aromatic carbocycles. The van der Waals surface area contributed by atoms with Crippen molar-refractivity contribution >= 4 is 11.8 Å². The first kappa shape index (κ1) is 12.0. The molecule has 2 heteroatoms. The zero-order valence-corrected chi connectivity index (χ0v) is 11.0. The van der Waals surface area contributed by atoms with E-state index in [2.05, 4.69) is 55.3 Å². The molecule has 0 aromatic heterocycles. The van der Waals surface area contributed by atoms with E-state index >= 15 is 0 Å². The average Bonchev–Trinajstić information content (AvgIpc) is 2.67. The first-order valence-corrected chi connectivity index (χ1v) is 7.28. The van der Waals surface area contributed by atoms with Crippen LogP contribution in [-0.2, 0) is 6.42 Å². The van der Waals surface area contributed by atoms with Crippen LogP contribution in [0.3, 0.4) is 0 Å². The van der Waals surface area contributed by atoms with E-state index in [1.165, 1.54) is 36.1 Å². The minimum absolute atomic E-state index is 0.554. The highest BCUT2D eigenvalue weighted by Gasteiger charge is 2.30. The van der Waals surface area contributed by atoms with Crippen molar-refractivity contribution < 1.29 is 0 Å². The highest BCUT2D eigenvalue weighted by atomic mass is 32.2. The summed E-state index contributed by atoms with van der Waals surface area (Å²) in [5.74, 6) is 1.30. The van der Waals surface area contributed by atoms with Gasteiger partial charge in [-0.15, -0.1) is 0 Å². The van der Waals surface area contributed by atoms with Crippen LogP contribution < -0.4 is 5.32 Å². The Morgan fingerprint density at radius 2 is 2.19 bits per heavy atom. The van der Waals surface area contributed by atoms with E-state index in [1.807, 2.05) is 0 Å². The number of rotatable bonds is 5. The Kier molecular flexibility index (Phi) is 4.30. The second-order valence-corrected chi connectivity index (χ2v) is 5.78. The summed E-state index contributed by atoms with van der Waals surface area (Å²) in [6, 6.07) is 9.42. The van der Waals surface area contributed by atoms with Crippen molar-refractivity contribution in [3.8, 4) is 0 Å². The SMILES string of the molecule is CCCCSC1Cc2ccccc2C1NC. The van der Waals surface area contributed by atoms with E-state index in [1.54, 1.807) is 0 Å². The van der Waals surface area contributed by atoms with Gasteiger partial charge in [-0.25, -0.2) is 0 Å². The van der Waals surface area contributed by atoms with Crippen molar-refractivity contribution in [2.24, 2.45) is 0 Å². The maximum atomic E-state index is 3.48. The van der Waals surface area contributed by atoms with Crippen LogP contribution in [0.1, 0.15) is 36.9 Å². The van der Waals surface area contributed by atoms with Gasteiger partial charge >= 0.3 is 0 Å². The Labute approximate surface area is 103 Å². The number of thioether (sulfide) groups is 1. The van der Waals surface area contributed by atoms with E-state index in [4.69, 9.17) is 0 Å². The summed E-state index contributed by atoms with van der Waals surface area (Å²) in [6.07, 6.45) is 3.88. The molecule has 88 valence electrons. The Hall–Kier alpha value is -0.470. The molecule has 2 atom stereocenters. The molecule has 2 unspecified atom stereocenters. The predicted octanol–water partition coefficient (Wildman–Crippen LogP) is 3.41. The van der Waals surface area contributed by atoms with E-state index in [0.29, 0.717) is 6.04 Å². The van der Waals surface area contributed by atoms with Gasteiger partial charge in [-0.3, -0.25) is 0 Å². The molecule has 0 aliphatic heterocycles. The molecule has 16 heavy (non-hydrogen) atoms. The molecule has 0 saturated heterocycles. The summed E-state index contributed by atoms with van der Waals surface area (Å²) in [5.41, 5.74) is 3.05. The van der Waals surface area contributed by atoms with E-state index < -0.39 is 0 Å². The van der Waals surface area contributed by atoms with Gasteiger partial charge in [0, 0.05) is 11.3 Å². The van der Waals surface area contributed by atoms with Crippen LogP contribution in [0.5, 0.6) is 0 Å². The molecular weight excluding hydrogens is 214 g/mol. The fourth-order valence-corrected chi connectivity index (χ4v) is 3.96. The molecule has 1 N–H and O–H groups in total. The van der Waals surface area contributed by atoms with Crippen molar-refractivity contribution in [2.45, 2.75) is 37.5 Å². The summed E-state index contributed by atoms with van der Waals surface area (Å²) in [7, 11) is 2.08. The number of nitrogens with one attached hydrogen (secondary N) is 1. The van der Waals surface area contributed by atoms with Crippen LogP contribution in [-0.4, -0.2) is 18.1 Å². The van der Waals surface area contributed by atoms with Gasteiger partial charge in [-0.2, -0.15) is 11.8 Å². The van der Waals surface area contributed by atoms with Gasteiger partial charge in [0.25, 0.3) is 0 Å². The smallest absolute Gasteiger partial charge is 0.0444 e. The highest BCUT2D eigenvalue weighted by molar-refractivity contribution is 7.99. The van der Waals surface area contributed by atoms with Gasteiger partial charge in [0.2, 0.25) is 0 Å². The second kappa shape index (κ2) is 5.74. The standard InChI is InChI=1S/C14H21NS/c1-3-4-9-16-13-10-11-7-5-6-8-12(11)14(13)15-2/h5-8,13-15H,3-4,9-10H2,1-2H3. The normalized spacial score (nSPS) is 23.4. The quantitative estimate of drug-likeness (QED) is 0.785. The van der Waals surface area contributed by atoms with E-state index in [-0.39, 0.29) is 0 Å². The van der Waals surface area contributed by atoms with E-state index in [0.717, 1.165) is 5.25 Å². The molecule has 0 spiro atoms. The van der Waals surface area contributed by atoms with Gasteiger partial charge in [-0.1, -0.05) is 37.6 Å². The molecule has 0 radical (unpaired) electrons. The lowest BCUT2D eigenvalue weighted by atomic mass is 10.1. The molecule has 0 bridgehead atoms. The molecule has 0 heterocycles. The molecule has 1 aliphatic carbocycles. The van der Waals surface area contributed by atoms with Gasteiger partial charge < -0.3 is 5.32 Å². The Morgan fingerprint density at radius 3 is 2.94 bits per heavy atom. The zero-order valence-electron chi connectivity index (χ0n) is 10.2. The summed E-state index contributed by atoms with van der Waals surface area (Å²) >= 11 is 2.14. The molecule has 0 saturated carbocycles. The summed E-state index contributed by atoms with van der Waals surface area (Å²) < 4.78 is 0. The maximum absolute atomic E-state index is 3.48. The van der Waals surface area contributed by atoms with Gasteiger partial charge in [0.1, 0.15) is 0 Å². The summed E-state index contributed by atoms with van der Waals surface area (Å²) in [6.45, 7) is 2.26. The largest absolute Gasteiger partial charge is 0.312 e. The number of fused-ring (bicyclic) bond motifs is 1. The Bertz CT molecular complexity index is 337. The van der Waals surface area contributed by atoms with Crippen molar-refractivity contribution in [3.05, 3.63) is 35.4 Å². The highest BCUT2D eigenvalue weighted by Crippen LogP contribution is 2.38. The van der Waals surface area contributed by atoms with Gasteiger partial charge in [0.15, 0.2) is 0 Å². The van der Waals surface area contributed by atoms with Crippen LogP contribution >= 0.6 is 11.8 Å². The van der Waals surface area contributed by atoms with Gasteiger partial charge in [0.05, 0.1) is 0 Å². The number of unbranched alkanes of at least 4 members (excludes halogenated alkanes) is 1. The minimum Gasteiger partial charge on any atom is -0.312 e. The van der Waals surface area contributed by atoms with Crippen LogP contribution in [0.4, 0.5) is 0 Å². The minimum atomic E-state index is 0.554. The molecule has 1 aliphatic rings. The Balaban J connectivity index is 2.03. The first-order valence-electron chi connectivity index (χ1n) is 6.23. The fourth-order valence-electron chi connectivity index (χ4n) is 2.43. The molecule has 0 amide bonds. The van der Waals surface area contributed by atoms with Crippen LogP contribution in [0.15, 0.2) is 24.3 Å². The third kappa shape index (κ3) is 2.44. The molecule has 2 rings (SSSR count). The third-order valence-electron chi connectivity index (χ3n) is 3.32. The lowest BCUT2D eigenvalue weighted by Gasteiger charge is -2.19. The molecule has 1 aromatic rings. The van der Waals surface area contributed by atoms with Crippen LogP contribution in [0.25, 0.3) is 0 Å². The van der Waals surface area contributed by atoms with Gasteiger partial charge in [-0.05, 0) is 36.8 Å². The monoisotopic (exact) mass is 235 g/mol. The molecule has 1 nitrogen and oxygen atoms in total. The Morgan fingerprint density at radius 1 is 1.38 bits per heavy atom. The van der Waals surface area contributed by atoms with Crippen LogP contribution in [0.2, 0.25) is 0 Å². The molecule has 0 fully saturated rings.